The molecular formula is C13H10N2O4S. The number of phenols is 1. The molecule has 20 heavy (non-hydrogen) atoms. The van der Waals surface area contributed by atoms with Gasteiger partial charge in [-0.15, -0.1) is 0 Å². The Hall–Kier alpha value is -2.38. The van der Waals surface area contributed by atoms with Gasteiger partial charge in [0.2, 0.25) is 0 Å². The van der Waals surface area contributed by atoms with Crippen LogP contribution >= 0.6 is 0 Å². The van der Waals surface area contributed by atoms with E-state index in [1.165, 1.54) is 18.2 Å². The van der Waals surface area contributed by atoms with Gasteiger partial charge in [0.15, 0.2) is 0 Å². The second-order valence-electron chi connectivity index (χ2n) is 4.23. The minimum Gasteiger partial charge on any atom is -0.507 e. The topological polar surface area (TPSA) is 103 Å². The van der Waals surface area contributed by atoms with Crippen LogP contribution in [-0.2, 0) is 10.1 Å². The summed E-state index contributed by atoms with van der Waals surface area (Å²) in [6.07, 6.45) is 0. The van der Waals surface area contributed by atoms with E-state index in [9.17, 15) is 18.1 Å². The van der Waals surface area contributed by atoms with Gasteiger partial charge in [-0.2, -0.15) is 8.42 Å². The van der Waals surface area contributed by atoms with Crippen molar-refractivity contribution < 1.29 is 18.1 Å². The Bertz CT molecular complexity index is 867. The summed E-state index contributed by atoms with van der Waals surface area (Å²) in [4.78, 5) is 6.75. The van der Waals surface area contributed by atoms with Crippen molar-refractivity contribution >= 4 is 21.2 Å². The molecule has 0 unspecified atom stereocenters. The van der Waals surface area contributed by atoms with Crippen molar-refractivity contribution in [2.75, 3.05) is 0 Å². The monoisotopic (exact) mass is 290 g/mol. The van der Waals surface area contributed by atoms with Crippen LogP contribution in [0.3, 0.4) is 0 Å². The number of benzene rings is 2. The first-order chi connectivity index (χ1) is 9.47. The quantitative estimate of drug-likeness (QED) is 0.628. The first kappa shape index (κ1) is 12.6. The van der Waals surface area contributed by atoms with Crippen molar-refractivity contribution in [3.63, 3.8) is 0 Å². The molecule has 0 aliphatic rings. The van der Waals surface area contributed by atoms with Crippen molar-refractivity contribution in [1.29, 1.82) is 0 Å². The van der Waals surface area contributed by atoms with Crippen LogP contribution in [0.25, 0.3) is 22.4 Å². The van der Waals surface area contributed by atoms with E-state index in [0.29, 0.717) is 11.0 Å². The number of para-hydroxylation sites is 2. The SMILES string of the molecule is O=S(=O)(O)c1cccc(O)c1-c1nc2ccccc2[nH]1. The van der Waals surface area contributed by atoms with Crippen molar-refractivity contribution in [2.24, 2.45) is 0 Å². The fourth-order valence-corrected chi connectivity index (χ4v) is 2.75. The maximum atomic E-state index is 11.4. The first-order valence-corrected chi connectivity index (χ1v) is 7.15. The molecule has 2 aromatic carbocycles. The summed E-state index contributed by atoms with van der Waals surface area (Å²) in [7, 11) is -4.46. The number of nitrogens with zero attached hydrogens (tertiary/aromatic N) is 1. The molecule has 0 fully saturated rings. The highest BCUT2D eigenvalue weighted by Gasteiger charge is 2.22. The highest BCUT2D eigenvalue weighted by Crippen LogP contribution is 2.34. The average molecular weight is 290 g/mol. The van der Waals surface area contributed by atoms with Crippen molar-refractivity contribution in [1.82, 2.24) is 9.97 Å². The van der Waals surface area contributed by atoms with E-state index >= 15 is 0 Å². The Balaban J connectivity index is 2.34. The molecule has 0 aliphatic carbocycles. The van der Waals surface area contributed by atoms with Crippen LogP contribution < -0.4 is 0 Å². The third-order valence-electron chi connectivity index (χ3n) is 2.91. The van der Waals surface area contributed by atoms with E-state index in [2.05, 4.69) is 9.97 Å². The standard InChI is InChI=1S/C13H10N2O4S/c16-10-6-3-7-11(20(17,18)19)12(10)13-14-8-4-1-2-5-9(8)15-13/h1-7,16H,(H,14,15)(H,17,18,19). The van der Waals surface area contributed by atoms with Crippen LogP contribution in [0.2, 0.25) is 0 Å². The second-order valence-corrected chi connectivity index (χ2v) is 5.62. The predicted molar refractivity (Wildman–Crippen MR) is 73.0 cm³/mol. The molecule has 7 heteroatoms. The van der Waals surface area contributed by atoms with E-state index in [1.54, 1.807) is 24.3 Å². The summed E-state index contributed by atoms with van der Waals surface area (Å²) >= 11 is 0. The van der Waals surface area contributed by atoms with Crippen LogP contribution in [0.1, 0.15) is 0 Å². The maximum absolute atomic E-state index is 11.4. The lowest BCUT2D eigenvalue weighted by Gasteiger charge is -2.06. The van der Waals surface area contributed by atoms with Crippen LogP contribution in [0, 0.1) is 0 Å². The molecule has 0 bridgehead atoms. The number of imidazole rings is 1. The molecule has 6 nitrogen and oxygen atoms in total. The number of H-pyrrole nitrogens is 1. The largest absolute Gasteiger partial charge is 0.507 e. The fraction of sp³-hybridized carbons (Fsp3) is 0. The van der Waals surface area contributed by atoms with Gasteiger partial charge in [-0.3, -0.25) is 4.55 Å². The van der Waals surface area contributed by atoms with Gasteiger partial charge in [0, 0.05) is 0 Å². The summed E-state index contributed by atoms with van der Waals surface area (Å²) in [5.41, 5.74) is 1.28. The number of fused-ring (bicyclic) bond motifs is 1. The molecule has 0 amide bonds. The Morgan fingerprint density at radius 2 is 1.80 bits per heavy atom. The fourth-order valence-electron chi connectivity index (χ4n) is 2.04. The Labute approximate surface area is 114 Å². The lowest BCUT2D eigenvalue weighted by Crippen LogP contribution is -2.01. The highest BCUT2D eigenvalue weighted by atomic mass is 32.2. The normalized spacial score (nSPS) is 11.8. The van der Waals surface area contributed by atoms with Gasteiger partial charge in [-0.05, 0) is 24.3 Å². The molecule has 102 valence electrons. The number of aromatic hydroxyl groups is 1. The molecule has 0 atom stereocenters. The third kappa shape index (κ3) is 2.02. The van der Waals surface area contributed by atoms with Gasteiger partial charge in [-0.25, -0.2) is 4.98 Å². The number of phenolic OH excluding ortho intramolecular Hbond substituents is 1. The lowest BCUT2D eigenvalue weighted by atomic mass is 10.2. The lowest BCUT2D eigenvalue weighted by molar-refractivity contribution is 0.468. The van der Waals surface area contributed by atoms with E-state index in [0.717, 1.165) is 0 Å². The molecule has 3 rings (SSSR count). The maximum Gasteiger partial charge on any atom is 0.295 e. The number of aromatic nitrogens is 2. The average Bonchev–Trinajstić information content (AvgIpc) is 2.80. The van der Waals surface area contributed by atoms with Crippen LogP contribution in [-0.4, -0.2) is 28.0 Å². The molecule has 1 heterocycles. The van der Waals surface area contributed by atoms with Crippen LogP contribution in [0.15, 0.2) is 47.4 Å². The van der Waals surface area contributed by atoms with Crippen molar-refractivity contribution in [2.45, 2.75) is 4.90 Å². The Morgan fingerprint density at radius 3 is 2.50 bits per heavy atom. The number of hydrogen-bond donors (Lipinski definition) is 3. The highest BCUT2D eigenvalue weighted by molar-refractivity contribution is 7.86. The van der Waals surface area contributed by atoms with Gasteiger partial charge in [0.1, 0.15) is 16.5 Å². The van der Waals surface area contributed by atoms with Crippen LogP contribution in [0.5, 0.6) is 5.75 Å². The molecule has 0 saturated carbocycles. The summed E-state index contributed by atoms with van der Waals surface area (Å²) in [6, 6.07) is 11.0. The molecule has 0 spiro atoms. The zero-order chi connectivity index (χ0) is 14.3. The Morgan fingerprint density at radius 1 is 1.05 bits per heavy atom. The molecule has 0 aliphatic heterocycles. The number of nitrogens with one attached hydrogen (secondary N) is 1. The minimum absolute atomic E-state index is 0.0498. The van der Waals surface area contributed by atoms with Gasteiger partial charge < -0.3 is 10.1 Å². The zero-order valence-corrected chi connectivity index (χ0v) is 10.9. The Kier molecular flexibility index (Phi) is 2.73. The zero-order valence-electron chi connectivity index (χ0n) is 10.1. The predicted octanol–water partition coefficient (Wildman–Crippen LogP) is 2.18. The minimum atomic E-state index is -4.46. The number of aromatic amines is 1. The van der Waals surface area contributed by atoms with E-state index < -0.39 is 15.0 Å². The molecule has 1 aromatic heterocycles. The summed E-state index contributed by atoms with van der Waals surface area (Å²) in [5.74, 6) is -0.101. The number of hydrogen-bond acceptors (Lipinski definition) is 4. The summed E-state index contributed by atoms with van der Waals surface area (Å²) in [6.45, 7) is 0. The summed E-state index contributed by atoms with van der Waals surface area (Å²) < 4.78 is 32.0. The molecular weight excluding hydrogens is 280 g/mol. The first-order valence-electron chi connectivity index (χ1n) is 5.71. The third-order valence-corrected chi connectivity index (χ3v) is 3.80. The second kappa shape index (κ2) is 4.32. The number of rotatable bonds is 2. The van der Waals surface area contributed by atoms with Crippen molar-refractivity contribution in [3.8, 4) is 17.1 Å². The van der Waals surface area contributed by atoms with E-state index in [1.807, 2.05) is 0 Å². The van der Waals surface area contributed by atoms with E-state index in [4.69, 9.17) is 0 Å². The van der Waals surface area contributed by atoms with E-state index in [-0.39, 0.29) is 17.1 Å². The van der Waals surface area contributed by atoms with Gasteiger partial charge in [0.25, 0.3) is 10.1 Å². The van der Waals surface area contributed by atoms with Crippen molar-refractivity contribution in [3.05, 3.63) is 42.5 Å². The van der Waals surface area contributed by atoms with Gasteiger partial charge in [-0.1, -0.05) is 18.2 Å². The molecule has 0 radical (unpaired) electrons. The molecule has 3 aromatic rings. The van der Waals surface area contributed by atoms with Gasteiger partial charge in [0.05, 0.1) is 16.6 Å². The molecule has 3 N–H and O–H groups in total. The molecule has 0 saturated heterocycles. The smallest absolute Gasteiger partial charge is 0.295 e. The van der Waals surface area contributed by atoms with Gasteiger partial charge >= 0.3 is 0 Å². The van der Waals surface area contributed by atoms with Crippen LogP contribution in [0.4, 0.5) is 0 Å². The summed E-state index contributed by atoms with van der Waals surface area (Å²) in [5, 5.41) is 9.90.